The molecular weight excluding hydrogens is 168 g/mol. The zero-order valence-electron chi connectivity index (χ0n) is 6.36. The van der Waals surface area contributed by atoms with Crippen molar-refractivity contribution in [2.75, 3.05) is 0 Å². The minimum absolute atomic E-state index is 0.309. The molecule has 12 heavy (non-hydrogen) atoms. The fourth-order valence-corrected chi connectivity index (χ4v) is 1.56. The average Bonchev–Trinajstić information content (AvgIpc) is 2.07. The molecule has 0 amide bonds. The molecule has 2 aromatic carbocycles. The average molecular weight is 176 g/mol. The summed E-state index contributed by atoms with van der Waals surface area (Å²) in [6.45, 7) is 0. The molecule has 0 radical (unpaired) electrons. The largest absolute Gasteiger partial charge is 0.507 e. The smallest absolute Gasteiger partial charge is 0.123 e. The molecule has 0 aliphatic carbocycles. The van der Waals surface area contributed by atoms with E-state index in [1.165, 1.54) is 0 Å². The highest BCUT2D eigenvalue weighted by atomic mass is 32.1. The van der Waals surface area contributed by atoms with Gasteiger partial charge in [-0.05, 0) is 17.5 Å². The van der Waals surface area contributed by atoms with Crippen molar-refractivity contribution >= 4 is 23.4 Å². The van der Waals surface area contributed by atoms with Crippen LogP contribution in [0.25, 0.3) is 10.8 Å². The van der Waals surface area contributed by atoms with E-state index in [4.69, 9.17) is 0 Å². The lowest BCUT2D eigenvalue weighted by atomic mass is 10.1. The Hall–Kier alpha value is -1.15. The van der Waals surface area contributed by atoms with Gasteiger partial charge in [0.25, 0.3) is 0 Å². The van der Waals surface area contributed by atoms with Crippen LogP contribution in [0, 0.1) is 0 Å². The Balaban J connectivity index is 2.94. The van der Waals surface area contributed by atoms with Gasteiger partial charge in [-0.15, -0.1) is 12.6 Å². The van der Waals surface area contributed by atoms with Gasteiger partial charge in [-0.1, -0.05) is 24.3 Å². The first-order chi connectivity index (χ1) is 5.79. The zero-order chi connectivity index (χ0) is 8.55. The molecule has 2 aromatic rings. The number of benzene rings is 2. The summed E-state index contributed by atoms with van der Waals surface area (Å²) in [5, 5.41) is 11.3. The molecule has 0 spiro atoms. The molecular formula is C10H8OS. The van der Waals surface area contributed by atoms with Gasteiger partial charge in [0.05, 0.1) is 0 Å². The Labute approximate surface area is 76.1 Å². The lowest BCUT2D eigenvalue weighted by Crippen LogP contribution is -1.74. The zero-order valence-corrected chi connectivity index (χ0v) is 7.25. The molecule has 1 N–H and O–H groups in total. The van der Waals surface area contributed by atoms with Crippen LogP contribution < -0.4 is 0 Å². The van der Waals surface area contributed by atoms with Crippen molar-refractivity contribution < 1.29 is 5.11 Å². The lowest BCUT2D eigenvalue weighted by molar-refractivity contribution is 0.481. The summed E-state index contributed by atoms with van der Waals surface area (Å²) < 4.78 is 0. The van der Waals surface area contributed by atoms with Crippen molar-refractivity contribution in [2.45, 2.75) is 4.90 Å². The van der Waals surface area contributed by atoms with E-state index in [0.717, 1.165) is 15.7 Å². The summed E-state index contributed by atoms with van der Waals surface area (Å²) in [7, 11) is 0. The number of phenolic OH excluding ortho intramolecular Hbond substituents is 1. The Morgan fingerprint density at radius 1 is 0.917 bits per heavy atom. The van der Waals surface area contributed by atoms with Gasteiger partial charge in [0, 0.05) is 10.3 Å². The number of thiol groups is 1. The summed E-state index contributed by atoms with van der Waals surface area (Å²) in [6, 6.07) is 11.1. The highest BCUT2D eigenvalue weighted by molar-refractivity contribution is 7.80. The number of rotatable bonds is 0. The quantitative estimate of drug-likeness (QED) is 0.591. The fourth-order valence-electron chi connectivity index (χ4n) is 1.28. The number of aromatic hydroxyl groups is 1. The SMILES string of the molecule is Oc1cccc2c(S)cccc12. The second-order valence-electron chi connectivity index (χ2n) is 2.65. The second-order valence-corrected chi connectivity index (χ2v) is 3.13. The molecule has 1 nitrogen and oxygen atoms in total. The van der Waals surface area contributed by atoms with Crippen LogP contribution >= 0.6 is 12.6 Å². The van der Waals surface area contributed by atoms with Crippen molar-refractivity contribution in [1.29, 1.82) is 0 Å². The van der Waals surface area contributed by atoms with Gasteiger partial charge in [0.15, 0.2) is 0 Å². The van der Waals surface area contributed by atoms with Crippen molar-refractivity contribution in [3.05, 3.63) is 36.4 Å². The molecule has 60 valence electrons. The predicted molar refractivity (Wildman–Crippen MR) is 52.9 cm³/mol. The van der Waals surface area contributed by atoms with Crippen LogP contribution in [0.1, 0.15) is 0 Å². The Kier molecular flexibility index (Phi) is 1.70. The second kappa shape index (κ2) is 2.72. The Morgan fingerprint density at radius 3 is 2.33 bits per heavy atom. The maximum atomic E-state index is 9.46. The van der Waals surface area contributed by atoms with Crippen LogP contribution in [-0.2, 0) is 0 Å². The predicted octanol–water partition coefficient (Wildman–Crippen LogP) is 2.83. The molecule has 0 fully saturated rings. The molecule has 0 aliphatic heterocycles. The summed E-state index contributed by atoms with van der Waals surface area (Å²) in [6.07, 6.45) is 0. The van der Waals surface area contributed by atoms with E-state index in [0.29, 0.717) is 5.75 Å². The number of hydrogen-bond donors (Lipinski definition) is 2. The van der Waals surface area contributed by atoms with E-state index in [1.54, 1.807) is 6.07 Å². The first kappa shape index (κ1) is 7.50. The van der Waals surface area contributed by atoms with E-state index in [-0.39, 0.29) is 0 Å². The van der Waals surface area contributed by atoms with E-state index in [1.807, 2.05) is 30.3 Å². The molecule has 0 aliphatic rings. The number of fused-ring (bicyclic) bond motifs is 1. The van der Waals surface area contributed by atoms with E-state index >= 15 is 0 Å². The molecule has 0 aromatic heterocycles. The molecule has 0 bridgehead atoms. The van der Waals surface area contributed by atoms with Gasteiger partial charge in [-0.2, -0.15) is 0 Å². The monoisotopic (exact) mass is 176 g/mol. The van der Waals surface area contributed by atoms with Crippen LogP contribution in [-0.4, -0.2) is 5.11 Å². The van der Waals surface area contributed by atoms with Gasteiger partial charge in [0.1, 0.15) is 5.75 Å². The molecule has 0 unspecified atom stereocenters. The number of hydrogen-bond acceptors (Lipinski definition) is 2. The Morgan fingerprint density at radius 2 is 1.58 bits per heavy atom. The number of phenols is 1. The standard InChI is InChI=1S/C10H8OS/c11-9-5-1-4-8-7(9)3-2-6-10(8)12/h1-6,11-12H. The third-order valence-corrected chi connectivity index (χ3v) is 2.27. The first-order valence-electron chi connectivity index (χ1n) is 3.69. The van der Waals surface area contributed by atoms with Gasteiger partial charge in [0.2, 0.25) is 0 Å². The van der Waals surface area contributed by atoms with E-state index in [2.05, 4.69) is 12.6 Å². The molecule has 2 rings (SSSR count). The summed E-state index contributed by atoms with van der Waals surface area (Å²) >= 11 is 4.29. The molecule has 0 atom stereocenters. The van der Waals surface area contributed by atoms with Gasteiger partial charge >= 0.3 is 0 Å². The van der Waals surface area contributed by atoms with Crippen LogP contribution in [0.5, 0.6) is 5.75 Å². The van der Waals surface area contributed by atoms with Gasteiger partial charge in [-0.3, -0.25) is 0 Å². The minimum Gasteiger partial charge on any atom is -0.507 e. The molecule has 2 heteroatoms. The third kappa shape index (κ3) is 1.04. The van der Waals surface area contributed by atoms with E-state index < -0.39 is 0 Å². The summed E-state index contributed by atoms with van der Waals surface area (Å²) in [5.41, 5.74) is 0. The van der Waals surface area contributed by atoms with Crippen molar-refractivity contribution in [1.82, 2.24) is 0 Å². The van der Waals surface area contributed by atoms with Crippen molar-refractivity contribution in [3.8, 4) is 5.75 Å². The van der Waals surface area contributed by atoms with E-state index in [9.17, 15) is 5.11 Å². The van der Waals surface area contributed by atoms with Gasteiger partial charge < -0.3 is 5.11 Å². The highest BCUT2D eigenvalue weighted by Crippen LogP contribution is 2.28. The summed E-state index contributed by atoms with van der Waals surface area (Å²) in [4.78, 5) is 0.892. The van der Waals surface area contributed by atoms with Crippen LogP contribution in [0.15, 0.2) is 41.3 Å². The van der Waals surface area contributed by atoms with Crippen molar-refractivity contribution in [2.24, 2.45) is 0 Å². The lowest BCUT2D eigenvalue weighted by Gasteiger charge is -2.01. The van der Waals surface area contributed by atoms with Crippen LogP contribution in [0.3, 0.4) is 0 Å². The fraction of sp³-hybridized carbons (Fsp3) is 0. The highest BCUT2D eigenvalue weighted by Gasteiger charge is 1.99. The van der Waals surface area contributed by atoms with Gasteiger partial charge in [-0.25, -0.2) is 0 Å². The van der Waals surface area contributed by atoms with Crippen molar-refractivity contribution in [3.63, 3.8) is 0 Å². The van der Waals surface area contributed by atoms with Crippen LogP contribution in [0.2, 0.25) is 0 Å². The summed E-state index contributed by atoms with van der Waals surface area (Å²) in [5.74, 6) is 0.309. The van der Waals surface area contributed by atoms with Crippen LogP contribution in [0.4, 0.5) is 0 Å². The maximum absolute atomic E-state index is 9.46. The first-order valence-corrected chi connectivity index (χ1v) is 4.13. The Bertz CT molecular complexity index is 382. The normalized spacial score (nSPS) is 10.4. The third-order valence-electron chi connectivity index (χ3n) is 1.88. The minimum atomic E-state index is 0.309. The molecule has 0 heterocycles. The molecule has 0 saturated carbocycles. The molecule has 0 saturated heterocycles. The topological polar surface area (TPSA) is 20.2 Å². The maximum Gasteiger partial charge on any atom is 0.123 e.